The summed E-state index contributed by atoms with van der Waals surface area (Å²) in [7, 11) is 0. The van der Waals surface area contributed by atoms with Crippen molar-refractivity contribution in [2.45, 2.75) is 51.5 Å². The minimum absolute atomic E-state index is 0.238. The molecule has 1 atom stereocenters. The smallest absolute Gasteiger partial charge is 0.0804 e. The molecule has 1 heterocycles. The fourth-order valence-electron chi connectivity index (χ4n) is 3.09. The van der Waals surface area contributed by atoms with Gasteiger partial charge in [-0.05, 0) is 54.4 Å². The van der Waals surface area contributed by atoms with Crippen LogP contribution in [0.5, 0.6) is 0 Å². The summed E-state index contributed by atoms with van der Waals surface area (Å²) in [6.45, 7) is 5.27. The first-order valence-corrected chi connectivity index (χ1v) is 8.75. The predicted octanol–water partition coefficient (Wildman–Crippen LogP) is 4.07. The molecular weight excluding hydrogens is 278 g/mol. The summed E-state index contributed by atoms with van der Waals surface area (Å²) in [5, 5.41) is 7.95. The van der Waals surface area contributed by atoms with E-state index in [-0.39, 0.29) is 6.04 Å². The van der Waals surface area contributed by atoms with Gasteiger partial charge in [0.2, 0.25) is 0 Å². The average Bonchev–Trinajstić information content (AvgIpc) is 2.92. The number of aryl methyl sites for hydroxylation is 1. The summed E-state index contributed by atoms with van der Waals surface area (Å²) in [5.74, 6) is 0.744. The molecule has 1 aliphatic carbocycles. The second-order valence-corrected chi connectivity index (χ2v) is 6.47. The molecule has 0 bridgehead atoms. The van der Waals surface area contributed by atoms with Crippen molar-refractivity contribution in [2.24, 2.45) is 0 Å². The summed E-state index contributed by atoms with van der Waals surface area (Å²) >= 11 is 1.54. The molecule has 112 valence electrons. The number of benzene rings is 1. The van der Waals surface area contributed by atoms with Crippen molar-refractivity contribution in [3.8, 4) is 0 Å². The van der Waals surface area contributed by atoms with Crippen molar-refractivity contribution in [3.63, 3.8) is 0 Å². The lowest BCUT2D eigenvalue weighted by molar-refractivity contribution is 0.414. The highest BCUT2D eigenvalue weighted by molar-refractivity contribution is 7.05. The van der Waals surface area contributed by atoms with Crippen LogP contribution in [0.3, 0.4) is 0 Å². The Morgan fingerprint density at radius 1 is 1.29 bits per heavy atom. The zero-order valence-electron chi connectivity index (χ0n) is 12.8. The number of hydrogen-bond acceptors (Lipinski definition) is 4. The molecule has 0 aliphatic heterocycles. The molecule has 4 heteroatoms. The predicted molar refractivity (Wildman–Crippen MR) is 87.8 cm³/mol. The van der Waals surface area contributed by atoms with E-state index >= 15 is 0 Å². The van der Waals surface area contributed by atoms with Gasteiger partial charge in [-0.15, -0.1) is 5.10 Å². The third kappa shape index (κ3) is 2.87. The van der Waals surface area contributed by atoms with E-state index in [0.717, 1.165) is 24.6 Å². The zero-order valence-corrected chi connectivity index (χ0v) is 13.6. The van der Waals surface area contributed by atoms with Gasteiger partial charge in [-0.1, -0.05) is 49.0 Å². The first-order chi connectivity index (χ1) is 10.3. The van der Waals surface area contributed by atoms with Crippen molar-refractivity contribution >= 4 is 11.5 Å². The van der Waals surface area contributed by atoms with Crippen LogP contribution in [0.1, 0.15) is 66.8 Å². The Morgan fingerprint density at radius 2 is 2.10 bits per heavy atom. The molecule has 1 unspecified atom stereocenters. The molecular formula is C17H23N3S. The van der Waals surface area contributed by atoms with Crippen molar-refractivity contribution in [2.75, 3.05) is 6.54 Å². The SMILES string of the molecule is CCNC(c1ccccc1C1CCC1)c1snnc1CC. The Bertz CT molecular complexity index is 589. The topological polar surface area (TPSA) is 37.8 Å². The molecule has 1 aromatic heterocycles. The van der Waals surface area contributed by atoms with Crippen LogP contribution in [0.25, 0.3) is 0 Å². The first kappa shape index (κ1) is 14.7. The summed E-state index contributed by atoms with van der Waals surface area (Å²) in [6.07, 6.45) is 4.97. The van der Waals surface area contributed by atoms with Crippen LogP contribution in [0, 0.1) is 0 Å². The summed E-state index contributed by atoms with van der Waals surface area (Å²) in [5.41, 5.74) is 4.07. The van der Waals surface area contributed by atoms with Crippen LogP contribution < -0.4 is 5.32 Å². The fraction of sp³-hybridized carbons (Fsp3) is 0.529. The van der Waals surface area contributed by atoms with Crippen LogP contribution in [0.4, 0.5) is 0 Å². The molecule has 3 rings (SSSR count). The maximum absolute atomic E-state index is 4.30. The van der Waals surface area contributed by atoms with Gasteiger partial charge in [-0.25, -0.2) is 0 Å². The van der Waals surface area contributed by atoms with E-state index in [1.54, 1.807) is 0 Å². The summed E-state index contributed by atoms with van der Waals surface area (Å²) in [4.78, 5) is 1.28. The van der Waals surface area contributed by atoms with E-state index in [9.17, 15) is 0 Å². The van der Waals surface area contributed by atoms with Crippen LogP contribution in [0.2, 0.25) is 0 Å². The number of hydrogen-bond donors (Lipinski definition) is 1. The second-order valence-electron chi connectivity index (χ2n) is 5.68. The normalized spacial score (nSPS) is 16.7. The Morgan fingerprint density at radius 3 is 2.76 bits per heavy atom. The molecule has 0 saturated heterocycles. The largest absolute Gasteiger partial charge is 0.306 e. The van der Waals surface area contributed by atoms with Gasteiger partial charge in [0.15, 0.2) is 0 Å². The Hall–Kier alpha value is -1.26. The summed E-state index contributed by atoms with van der Waals surface area (Å²) < 4.78 is 4.18. The molecule has 1 N–H and O–H groups in total. The lowest BCUT2D eigenvalue weighted by Crippen LogP contribution is -2.24. The van der Waals surface area contributed by atoms with E-state index in [1.165, 1.54) is 46.8 Å². The van der Waals surface area contributed by atoms with Gasteiger partial charge < -0.3 is 5.32 Å². The van der Waals surface area contributed by atoms with Crippen molar-refractivity contribution in [1.82, 2.24) is 14.9 Å². The quantitative estimate of drug-likeness (QED) is 0.874. The lowest BCUT2D eigenvalue weighted by Gasteiger charge is -2.30. The highest BCUT2D eigenvalue weighted by Gasteiger charge is 2.27. The van der Waals surface area contributed by atoms with E-state index in [2.05, 4.69) is 53.0 Å². The first-order valence-electron chi connectivity index (χ1n) is 7.98. The van der Waals surface area contributed by atoms with E-state index in [0.29, 0.717) is 0 Å². The molecule has 1 aromatic carbocycles. The van der Waals surface area contributed by atoms with Gasteiger partial charge in [0.25, 0.3) is 0 Å². The fourth-order valence-corrected chi connectivity index (χ4v) is 3.93. The lowest BCUT2D eigenvalue weighted by atomic mass is 9.77. The molecule has 1 aliphatic rings. The molecule has 0 spiro atoms. The molecule has 0 amide bonds. The van der Waals surface area contributed by atoms with Crippen LogP contribution in [-0.4, -0.2) is 16.1 Å². The highest BCUT2D eigenvalue weighted by atomic mass is 32.1. The van der Waals surface area contributed by atoms with Crippen LogP contribution in [0.15, 0.2) is 24.3 Å². The molecule has 2 aromatic rings. The van der Waals surface area contributed by atoms with E-state index in [1.807, 2.05) is 0 Å². The molecule has 1 fully saturated rings. The zero-order chi connectivity index (χ0) is 14.7. The standard InChI is InChI=1S/C17H23N3S/c1-3-15-17(21-20-19-15)16(18-4-2)14-11-6-5-10-13(14)12-8-7-9-12/h5-6,10-12,16,18H,3-4,7-9H2,1-2H3. The van der Waals surface area contributed by atoms with E-state index in [4.69, 9.17) is 0 Å². The van der Waals surface area contributed by atoms with Gasteiger partial charge in [0.05, 0.1) is 16.6 Å². The molecule has 1 saturated carbocycles. The maximum atomic E-state index is 4.30. The third-order valence-electron chi connectivity index (χ3n) is 4.44. The van der Waals surface area contributed by atoms with Gasteiger partial charge in [-0.2, -0.15) is 0 Å². The molecule has 3 nitrogen and oxygen atoms in total. The number of nitrogens with one attached hydrogen (secondary N) is 1. The Labute approximate surface area is 131 Å². The number of nitrogens with zero attached hydrogens (tertiary/aromatic N) is 2. The molecule has 21 heavy (non-hydrogen) atoms. The highest BCUT2D eigenvalue weighted by Crippen LogP contribution is 2.41. The van der Waals surface area contributed by atoms with Gasteiger partial charge in [0.1, 0.15) is 0 Å². The Kier molecular flexibility index (Phi) is 4.66. The van der Waals surface area contributed by atoms with Gasteiger partial charge in [0, 0.05) is 0 Å². The number of rotatable bonds is 6. The summed E-state index contributed by atoms with van der Waals surface area (Å²) in [6, 6.07) is 9.15. The molecule has 0 radical (unpaired) electrons. The average molecular weight is 301 g/mol. The second kappa shape index (κ2) is 6.67. The van der Waals surface area contributed by atoms with Crippen molar-refractivity contribution in [3.05, 3.63) is 46.0 Å². The third-order valence-corrected chi connectivity index (χ3v) is 5.27. The van der Waals surface area contributed by atoms with Gasteiger partial charge >= 0.3 is 0 Å². The van der Waals surface area contributed by atoms with Crippen molar-refractivity contribution in [1.29, 1.82) is 0 Å². The minimum atomic E-state index is 0.238. The maximum Gasteiger partial charge on any atom is 0.0804 e. The van der Waals surface area contributed by atoms with Crippen LogP contribution >= 0.6 is 11.5 Å². The van der Waals surface area contributed by atoms with Crippen LogP contribution in [-0.2, 0) is 6.42 Å². The minimum Gasteiger partial charge on any atom is -0.306 e. The van der Waals surface area contributed by atoms with E-state index < -0.39 is 0 Å². The monoisotopic (exact) mass is 301 g/mol. The van der Waals surface area contributed by atoms with Gasteiger partial charge in [-0.3, -0.25) is 0 Å². The number of aromatic nitrogens is 2. The van der Waals surface area contributed by atoms with Crippen molar-refractivity contribution < 1.29 is 0 Å². The Balaban J connectivity index is 2.01.